The van der Waals surface area contributed by atoms with E-state index in [1.807, 2.05) is 30.0 Å². The highest BCUT2D eigenvalue weighted by Crippen LogP contribution is 2.27. The lowest BCUT2D eigenvalue weighted by atomic mass is 10.1. The summed E-state index contributed by atoms with van der Waals surface area (Å²) in [6.45, 7) is 7.93. The summed E-state index contributed by atoms with van der Waals surface area (Å²) in [5.41, 5.74) is 3.11. The average Bonchev–Trinajstić information content (AvgIpc) is 3.20. The summed E-state index contributed by atoms with van der Waals surface area (Å²) < 4.78 is 2.16. The number of amides is 1. The van der Waals surface area contributed by atoms with Gasteiger partial charge >= 0.3 is 0 Å². The van der Waals surface area contributed by atoms with E-state index in [4.69, 9.17) is 0 Å². The Bertz CT molecular complexity index is 937. The second kappa shape index (κ2) is 5.54. The van der Waals surface area contributed by atoms with Crippen LogP contribution in [0.4, 0.5) is 0 Å². The van der Waals surface area contributed by atoms with Crippen molar-refractivity contribution in [2.24, 2.45) is 0 Å². The van der Waals surface area contributed by atoms with Crippen molar-refractivity contribution in [3.8, 4) is 0 Å². The zero-order valence-electron chi connectivity index (χ0n) is 14.3. The molecule has 1 aliphatic heterocycles. The molecule has 3 heterocycles. The molecule has 0 saturated carbocycles. The van der Waals surface area contributed by atoms with Gasteiger partial charge < -0.3 is 9.47 Å². The maximum absolute atomic E-state index is 12.7. The number of benzene rings is 1. The fraction of sp³-hybridized carbons (Fsp3) is 0.444. The van der Waals surface area contributed by atoms with Gasteiger partial charge in [-0.05, 0) is 51.8 Å². The van der Waals surface area contributed by atoms with Crippen molar-refractivity contribution in [2.75, 3.05) is 13.1 Å². The normalized spacial score (nSPS) is 15.1. The maximum atomic E-state index is 12.7. The van der Waals surface area contributed by atoms with E-state index in [0.717, 1.165) is 48.2 Å². The van der Waals surface area contributed by atoms with Crippen LogP contribution in [0.3, 0.4) is 0 Å². The lowest BCUT2D eigenvalue weighted by Crippen LogP contribution is -2.27. The van der Waals surface area contributed by atoms with Crippen molar-refractivity contribution in [1.82, 2.24) is 24.6 Å². The molecule has 6 nitrogen and oxygen atoms in total. The van der Waals surface area contributed by atoms with Gasteiger partial charge in [-0.15, -0.1) is 10.2 Å². The zero-order chi connectivity index (χ0) is 16.8. The van der Waals surface area contributed by atoms with Crippen molar-refractivity contribution in [2.45, 2.75) is 39.7 Å². The first-order valence-electron chi connectivity index (χ1n) is 8.50. The Morgan fingerprint density at radius 2 is 1.92 bits per heavy atom. The second-order valence-corrected chi connectivity index (χ2v) is 6.73. The van der Waals surface area contributed by atoms with Gasteiger partial charge in [0.2, 0.25) is 5.65 Å². The lowest BCUT2D eigenvalue weighted by Gasteiger charge is -2.16. The molecule has 4 rings (SSSR count). The summed E-state index contributed by atoms with van der Waals surface area (Å²) in [5, 5.41) is 9.46. The molecule has 1 fully saturated rings. The molecule has 124 valence electrons. The summed E-state index contributed by atoms with van der Waals surface area (Å²) in [6.07, 6.45) is 2.18. The van der Waals surface area contributed by atoms with Crippen LogP contribution < -0.4 is 0 Å². The summed E-state index contributed by atoms with van der Waals surface area (Å²) >= 11 is 0. The van der Waals surface area contributed by atoms with Gasteiger partial charge in [0.15, 0.2) is 0 Å². The van der Waals surface area contributed by atoms with Crippen molar-refractivity contribution in [1.29, 1.82) is 0 Å². The predicted octanol–water partition coefficient (Wildman–Crippen LogP) is 3.10. The van der Waals surface area contributed by atoms with Gasteiger partial charge in [0.1, 0.15) is 5.82 Å². The molecular weight excluding hydrogens is 302 g/mol. The number of fused-ring (bicyclic) bond motifs is 3. The molecule has 0 N–H and O–H groups in total. The van der Waals surface area contributed by atoms with E-state index >= 15 is 0 Å². The van der Waals surface area contributed by atoms with Gasteiger partial charge in [-0.3, -0.25) is 4.79 Å². The molecule has 6 heteroatoms. The third kappa shape index (κ3) is 2.25. The molecule has 0 spiro atoms. The molecule has 1 amide bonds. The Morgan fingerprint density at radius 1 is 1.17 bits per heavy atom. The van der Waals surface area contributed by atoms with E-state index in [0.29, 0.717) is 11.2 Å². The number of carbonyl (C=O) groups excluding carboxylic acids is 1. The Kier molecular flexibility index (Phi) is 3.48. The van der Waals surface area contributed by atoms with E-state index in [1.165, 1.54) is 0 Å². The highest BCUT2D eigenvalue weighted by atomic mass is 16.2. The zero-order valence-corrected chi connectivity index (χ0v) is 14.3. The molecule has 2 aromatic heterocycles. The number of hydrogen-bond acceptors (Lipinski definition) is 4. The van der Waals surface area contributed by atoms with Crippen molar-refractivity contribution >= 4 is 28.0 Å². The van der Waals surface area contributed by atoms with E-state index in [9.17, 15) is 4.79 Å². The van der Waals surface area contributed by atoms with Crippen molar-refractivity contribution in [3.63, 3.8) is 0 Å². The SMILES string of the molecule is Cc1nc2nnc3ccc(C(=O)N4CCCC4)cc3c2n1C(C)C. The van der Waals surface area contributed by atoms with Crippen LogP contribution in [0, 0.1) is 6.92 Å². The van der Waals surface area contributed by atoms with Gasteiger partial charge in [-0.1, -0.05) is 0 Å². The van der Waals surface area contributed by atoms with E-state index in [2.05, 4.69) is 33.6 Å². The summed E-state index contributed by atoms with van der Waals surface area (Å²) in [5.74, 6) is 1.02. The fourth-order valence-electron chi connectivity index (χ4n) is 3.63. The van der Waals surface area contributed by atoms with Crippen LogP contribution in [0.5, 0.6) is 0 Å². The van der Waals surface area contributed by atoms with Gasteiger partial charge in [0.25, 0.3) is 5.91 Å². The second-order valence-electron chi connectivity index (χ2n) is 6.73. The molecule has 0 unspecified atom stereocenters. The van der Waals surface area contributed by atoms with Crippen LogP contribution in [0.25, 0.3) is 22.1 Å². The van der Waals surface area contributed by atoms with Gasteiger partial charge in [0, 0.05) is 30.1 Å². The largest absolute Gasteiger partial charge is 0.339 e. The number of carbonyl (C=O) groups is 1. The van der Waals surface area contributed by atoms with Crippen LogP contribution in [-0.2, 0) is 0 Å². The number of hydrogen-bond donors (Lipinski definition) is 0. The fourth-order valence-corrected chi connectivity index (χ4v) is 3.63. The van der Waals surface area contributed by atoms with Crippen LogP contribution in [-0.4, -0.2) is 43.6 Å². The van der Waals surface area contributed by atoms with Crippen LogP contribution in [0.15, 0.2) is 18.2 Å². The van der Waals surface area contributed by atoms with E-state index in [1.54, 1.807) is 0 Å². The van der Waals surface area contributed by atoms with Crippen molar-refractivity contribution in [3.05, 3.63) is 29.6 Å². The highest BCUT2D eigenvalue weighted by Gasteiger charge is 2.21. The van der Waals surface area contributed by atoms with Gasteiger partial charge in [0.05, 0.1) is 11.0 Å². The number of aryl methyl sites for hydroxylation is 1. The average molecular weight is 323 g/mol. The van der Waals surface area contributed by atoms with E-state index in [-0.39, 0.29) is 11.9 Å². The Labute approximate surface area is 140 Å². The monoisotopic (exact) mass is 323 g/mol. The first kappa shape index (κ1) is 15.1. The van der Waals surface area contributed by atoms with E-state index < -0.39 is 0 Å². The maximum Gasteiger partial charge on any atom is 0.253 e. The molecule has 1 aliphatic rings. The molecular formula is C18H21N5O. The predicted molar refractivity (Wildman–Crippen MR) is 93.1 cm³/mol. The Balaban J connectivity index is 1.94. The lowest BCUT2D eigenvalue weighted by molar-refractivity contribution is 0.0793. The molecule has 0 atom stereocenters. The first-order valence-corrected chi connectivity index (χ1v) is 8.50. The molecule has 24 heavy (non-hydrogen) atoms. The number of aromatic nitrogens is 4. The minimum Gasteiger partial charge on any atom is -0.339 e. The van der Waals surface area contributed by atoms with Crippen LogP contribution in [0.1, 0.15) is 48.9 Å². The number of imidazole rings is 1. The molecule has 1 saturated heterocycles. The summed E-state index contributed by atoms with van der Waals surface area (Å²) in [4.78, 5) is 19.2. The highest BCUT2D eigenvalue weighted by molar-refractivity contribution is 6.05. The third-order valence-electron chi connectivity index (χ3n) is 4.73. The van der Waals surface area contributed by atoms with Gasteiger partial charge in [-0.25, -0.2) is 4.98 Å². The minimum atomic E-state index is 0.103. The molecule has 0 aliphatic carbocycles. The van der Waals surface area contributed by atoms with Gasteiger partial charge in [-0.2, -0.15) is 0 Å². The molecule has 0 bridgehead atoms. The summed E-state index contributed by atoms with van der Waals surface area (Å²) in [6, 6.07) is 5.96. The van der Waals surface area contributed by atoms with Crippen LogP contribution >= 0.6 is 0 Å². The van der Waals surface area contributed by atoms with Crippen molar-refractivity contribution < 1.29 is 4.79 Å². The molecule has 3 aromatic rings. The Hall–Kier alpha value is -2.50. The quantitative estimate of drug-likeness (QED) is 0.727. The first-order chi connectivity index (χ1) is 11.6. The number of nitrogens with zero attached hydrogens (tertiary/aromatic N) is 5. The minimum absolute atomic E-state index is 0.103. The smallest absolute Gasteiger partial charge is 0.253 e. The molecule has 1 aromatic carbocycles. The third-order valence-corrected chi connectivity index (χ3v) is 4.73. The number of rotatable bonds is 2. The standard InChI is InChI=1S/C18H21N5O/c1-11(2)23-12(3)19-17-16(23)14-10-13(6-7-15(14)20-21-17)18(24)22-8-4-5-9-22/h6-7,10-11H,4-5,8-9H2,1-3H3. The molecule has 0 radical (unpaired) electrons. The van der Waals surface area contributed by atoms with Crippen LogP contribution in [0.2, 0.25) is 0 Å². The Morgan fingerprint density at radius 3 is 2.62 bits per heavy atom. The summed E-state index contributed by atoms with van der Waals surface area (Å²) in [7, 11) is 0. The number of likely N-dealkylation sites (tertiary alicyclic amines) is 1. The topological polar surface area (TPSA) is 63.9 Å².